The number of esters is 1. The number of carbonyl (C=O) groups excluding carboxylic acids is 3. The third-order valence-corrected chi connectivity index (χ3v) is 11.5. The largest absolute Gasteiger partial charge is 0.619 e. The van der Waals surface area contributed by atoms with Crippen molar-refractivity contribution in [3.8, 4) is 11.5 Å². The van der Waals surface area contributed by atoms with E-state index in [0.29, 0.717) is 22.6 Å². The fraction of sp³-hybridized carbons (Fsp3) is 0.444. The number of carbonyl (C=O) groups is 3. The van der Waals surface area contributed by atoms with Gasteiger partial charge in [0, 0.05) is 43.9 Å². The minimum atomic E-state index is -3.78. The Labute approximate surface area is 326 Å². The quantitative estimate of drug-likeness (QED) is 0.0882. The summed E-state index contributed by atoms with van der Waals surface area (Å²) in [5.41, 5.74) is 0.409. The number of sulfonamides is 1. The van der Waals surface area contributed by atoms with Gasteiger partial charge in [0.05, 0.1) is 23.5 Å². The maximum absolute atomic E-state index is 13.5. The summed E-state index contributed by atoms with van der Waals surface area (Å²) in [6.45, 7) is 0.433. The molecule has 1 aliphatic carbocycles. The number of rotatable bonds is 17. The van der Waals surface area contributed by atoms with Crippen molar-refractivity contribution in [3.63, 3.8) is 0 Å². The molecule has 6 rings (SSSR count). The number of pyridine rings is 1. The molecule has 1 N–H and O–H groups in total. The van der Waals surface area contributed by atoms with Gasteiger partial charge in [-0.3, -0.25) is 24.0 Å². The Morgan fingerprint density at radius 2 is 1.69 bits per heavy atom. The van der Waals surface area contributed by atoms with E-state index in [1.807, 2.05) is 7.05 Å². The number of likely N-dealkylation sites (N-methyl/N-ethyl adjacent to an activating group) is 1. The van der Waals surface area contributed by atoms with Gasteiger partial charge < -0.3 is 29.2 Å². The monoisotopic (exact) mass is 825 g/mol. The highest BCUT2D eigenvalue weighted by atomic mass is 35.5. The van der Waals surface area contributed by atoms with E-state index in [1.54, 1.807) is 0 Å². The zero-order chi connectivity index (χ0) is 39.4. The second-order valence-electron chi connectivity index (χ2n) is 13.7. The molecule has 2 aromatic carbocycles. The van der Waals surface area contributed by atoms with Gasteiger partial charge in [0.2, 0.25) is 10.0 Å². The summed E-state index contributed by atoms with van der Waals surface area (Å²) in [5, 5.41) is 11.8. The maximum atomic E-state index is 13.5. The van der Waals surface area contributed by atoms with Crippen LogP contribution in [0.1, 0.15) is 57.2 Å². The normalized spacial score (nSPS) is 17.0. The summed E-state index contributed by atoms with van der Waals surface area (Å²) < 4.78 is 71.3. The van der Waals surface area contributed by atoms with Gasteiger partial charge in [-0.2, -0.15) is 13.5 Å². The average molecular weight is 827 g/mol. The van der Waals surface area contributed by atoms with Crippen molar-refractivity contribution >= 4 is 56.7 Å². The molecule has 1 aromatic heterocycles. The molecule has 1 atom stereocenters. The molecule has 0 spiro atoms. The Bertz CT molecular complexity index is 2030. The second kappa shape index (κ2) is 17.2. The molecule has 2 fully saturated rings. The number of hydrogen-bond donors (Lipinski definition) is 1. The van der Waals surface area contributed by atoms with E-state index in [1.165, 1.54) is 36.4 Å². The first-order chi connectivity index (χ1) is 26.2. The number of ether oxygens (including phenoxy) is 3. The van der Waals surface area contributed by atoms with Crippen LogP contribution in [-0.4, -0.2) is 106 Å². The van der Waals surface area contributed by atoms with Gasteiger partial charge in [-0.1, -0.05) is 29.3 Å². The van der Waals surface area contributed by atoms with Crippen LogP contribution in [0.25, 0.3) is 0 Å². The van der Waals surface area contributed by atoms with E-state index in [9.17, 15) is 36.8 Å². The van der Waals surface area contributed by atoms with Crippen LogP contribution in [-0.2, 0) is 26.0 Å². The summed E-state index contributed by atoms with van der Waals surface area (Å²) in [4.78, 5) is 45.4. The summed E-state index contributed by atoms with van der Waals surface area (Å²) >= 11 is 12.7. The number of nitrogens with one attached hydrogen (secondary N) is 1. The molecule has 296 valence electrons. The Kier molecular flexibility index (Phi) is 12.7. The number of benzene rings is 2. The lowest BCUT2D eigenvalue weighted by Gasteiger charge is -2.32. The van der Waals surface area contributed by atoms with Crippen LogP contribution in [0.15, 0.2) is 48.8 Å². The Balaban J connectivity index is 1.16. The maximum Gasteiger partial charge on any atom is 0.387 e. The predicted molar refractivity (Wildman–Crippen MR) is 197 cm³/mol. The smallest absolute Gasteiger partial charge is 0.387 e. The van der Waals surface area contributed by atoms with Crippen molar-refractivity contribution in [2.24, 2.45) is 5.92 Å². The molecule has 0 unspecified atom stereocenters. The summed E-state index contributed by atoms with van der Waals surface area (Å²) in [6.07, 6.45) is 2.90. The molecule has 1 saturated heterocycles. The van der Waals surface area contributed by atoms with E-state index in [-0.39, 0.29) is 74.2 Å². The van der Waals surface area contributed by atoms with Crippen LogP contribution in [0.4, 0.5) is 14.5 Å². The molecule has 3 heterocycles. The van der Waals surface area contributed by atoms with E-state index in [0.717, 1.165) is 51.4 Å². The third-order valence-electron chi connectivity index (χ3n) is 9.46. The zero-order valence-electron chi connectivity index (χ0n) is 29.7. The number of amides is 2. The highest BCUT2D eigenvalue weighted by molar-refractivity contribution is 7.92. The van der Waals surface area contributed by atoms with Crippen molar-refractivity contribution in [1.29, 1.82) is 0 Å². The lowest BCUT2D eigenvalue weighted by Crippen LogP contribution is -2.45. The minimum Gasteiger partial charge on any atom is -0.619 e. The van der Waals surface area contributed by atoms with Gasteiger partial charge in [-0.25, -0.2) is 8.42 Å². The number of aromatic nitrogens is 1. The fourth-order valence-electron chi connectivity index (χ4n) is 6.26. The predicted octanol–water partition coefficient (Wildman–Crippen LogP) is 4.52. The molecular formula is C36H39Cl2F2N5O9S. The van der Waals surface area contributed by atoms with Crippen LogP contribution in [0, 0.1) is 11.1 Å². The molecule has 0 radical (unpaired) electrons. The standard InChI is InChI=1S/C36H39Cl2F2N5O9S/c1-42-10-12-43(13-11-42)9-2-14-55(50,51)41-24-6-7-25-26(16-24)35(48)45(34(25)47)20-33(46)53-31(17-27-28(37)18-44(49)19-29(27)38)23-5-8-30(54-36(39)40)32(15-23)52-21-22-3-4-22/h5-8,15-16,18-19,22,31,36,41H,2-4,9-14,17,20-21H2,1H3/t31-/m0/s1. The van der Waals surface area contributed by atoms with Gasteiger partial charge in [0.1, 0.15) is 22.7 Å². The van der Waals surface area contributed by atoms with Gasteiger partial charge in [0.25, 0.3) is 11.8 Å². The first-order valence-electron chi connectivity index (χ1n) is 17.5. The molecule has 3 aliphatic rings. The topological polar surface area (TPSA) is 162 Å². The molecular weight excluding hydrogens is 787 g/mol. The van der Waals surface area contributed by atoms with Gasteiger partial charge in [-0.05, 0) is 74.7 Å². The highest BCUT2D eigenvalue weighted by Crippen LogP contribution is 2.38. The number of fused-ring (bicyclic) bond motifs is 1. The lowest BCUT2D eigenvalue weighted by molar-refractivity contribution is -0.605. The van der Waals surface area contributed by atoms with E-state index < -0.39 is 47.1 Å². The van der Waals surface area contributed by atoms with Crippen molar-refractivity contribution in [3.05, 3.63) is 86.3 Å². The van der Waals surface area contributed by atoms with E-state index in [4.69, 9.17) is 32.7 Å². The molecule has 14 nitrogen and oxygen atoms in total. The third kappa shape index (κ3) is 10.5. The number of alkyl halides is 2. The number of imide groups is 1. The van der Waals surface area contributed by atoms with Crippen LogP contribution in [0.3, 0.4) is 0 Å². The SMILES string of the molecule is CN1CCN(CCCS(=O)(=O)Nc2ccc3c(c2)C(=O)N(CC(=O)O[C@@H](Cc2c(Cl)c[n+]([O-])cc2Cl)c2ccc(OC(F)F)c(OCC4CC4)c2)C3=O)CC1. The van der Waals surface area contributed by atoms with E-state index in [2.05, 4.69) is 19.3 Å². The Morgan fingerprint density at radius 1 is 1.00 bits per heavy atom. The van der Waals surface area contributed by atoms with Crippen LogP contribution >= 0.6 is 23.2 Å². The first-order valence-corrected chi connectivity index (χ1v) is 20.0. The molecule has 3 aromatic rings. The number of nitrogens with zero attached hydrogens (tertiary/aromatic N) is 4. The molecule has 0 bridgehead atoms. The first kappa shape index (κ1) is 40.4. The van der Waals surface area contributed by atoms with Crippen LogP contribution < -0.4 is 18.9 Å². The van der Waals surface area contributed by atoms with Crippen molar-refractivity contribution in [2.45, 2.75) is 38.4 Å². The van der Waals surface area contributed by atoms with Crippen LogP contribution in [0.2, 0.25) is 10.0 Å². The highest BCUT2D eigenvalue weighted by Gasteiger charge is 2.38. The number of halogens is 4. The summed E-state index contributed by atoms with van der Waals surface area (Å²) in [5.74, 6) is -2.84. The lowest BCUT2D eigenvalue weighted by atomic mass is 10.0. The average Bonchev–Trinajstić information content (AvgIpc) is 3.92. The van der Waals surface area contributed by atoms with Crippen LogP contribution in [0.5, 0.6) is 11.5 Å². The molecule has 2 amide bonds. The van der Waals surface area contributed by atoms with E-state index >= 15 is 0 Å². The Hall–Kier alpha value is -4.29. The molecule has 55 heavy (non-hydrogen) atoms. The number of piperazine rings is 1. The van der Waals surface area contributed by atoms with Crippen molar-refractivity contribution in [2.75, 3.05) is 63.4 Å². The fourth-order valence-corrected chi connectivity index (χ4v) is 7.96. The van der Waals surface area contributed by atoms with Gasteiger partial charge >= 0.3 is 12.6 Å². The Morgan fingerprint density at radius 3 is 2.36 bits per heavy atom. The minimum absolute atomic E-state index is 0.0322. The van der Waals surface area contributed by atoms with Crippen molar-refractivity contribution in [1.82, 2.24) is 14.7 Å². The van der Waals surface area contributed by atoms with Gasteiger partial charge in [0.15, 0.2) is 23.9 Å². The second-order valence-corrected chi connectivity index (χ2v) is 16.3. The summed E-state index contributed by atoms with van der Waals surface area (Å²) in [7, 11) is -1.74. The number of anilines is 1. The molecule has 2 aliphatic heterocycles. The zero-order valence-corrected chi connectivity index (χ0v) is 32.0. The molecule has 1 saturated carbocycles. The summed E-state index contributed by atoms with van der Waals surface area (Å²) in [6, 6.07) is 7.88. The van der Waals surface area contributed by atoms with Crippen molar-refractivity contribution < 1.29 is 50.5 Å². The molecule has 19 heteroatoms. The van der Waals surface area contributed by atoms with Gasteiger partial charge in [-0.15, -0.1) is 0 Å². The number of hydrogen-bond acceptors (Lipinski definition) is 11.